The van der Waals surface area contributed by atoms with Gasteiger partial charge in [-0.05, 0) is 60.9 Å². The van der Waals surface area contributed by atoms with Gasteiger partial charge in [0.2, 0.25) is 5.91 Å². The van der Waals surface area contributed by atoms with Crippen molar-refractivity contribution in [3.05, 3.63) is 65.2 Å². The molecular formula is C23H26N2O4. The van der Waals surface area contributed by atoms with Crippen molar-refractivity contribution in [1.82, 2.24) is 5.32 Å². The van der Waals surface area contributed by atoms with Crippen molar-refractivity contribution in [1.29, 1.82) is 0 Å². The first kappa shape index (κ1) is 20.6. The summed E-state index contributed by atoms with van der Waals surface area (Å²) >= 11 is 0. The van der Waals surface area contributed by atoms with Gasteiger partial charge in [-0.15, -0.1) is 0 Å². The van der Waals surface area contributed by atoms with Crippen LogP contribution in [0.1, 0.15) is 60.0 Å². The molecule has 0 spiro atoms. The van der Waals surface area contributed by atoms with Crippen molar-refractivity contribution < 1.29 is 19.5 Å². The van der Waals surface area contributed by atoms with Gasteiger partial charge >= 0.3 is 5.97 Å². The van der Waals surface area contributed by atoms with Crippen LogP contribution >= 0.6 is 0 Å². The maximum absolute atomic E-state index is 12.7. The highest BCUT2D eigenvalue weighted by atomic mass is 16.4. The molecule has 0 saturated heterocycles. The Hall–Kier alpha value is -3.15. The second-order valence-corrected chi connectivity index (χ2v) is 7.37. The summed E-state index contributed by atoms with van der Waals surface area (Å²) in [6.45, 7) is 1.74. The highest BCUT2D eigenvalue weighted by molar-refractivity contribution is 5.98. The van der Waals surface area contributed by atoms with Gasteiger partial charge in [-0.1, -0.05) is 37.3 Å². The van der Waals surface area contributed by atoms with E-state index in [-0.39, 0.29) is 11.8 Å². The summed E-state index contributed by atoms with van der Waals surface area (Å²) in [7, 11) is 0. The van der Waals surface area contributed by atoms with Crippen molar-refractivity contribution in [3.8, 4) is 0 Å². The zero-order chi connectivity index (χ0) is 20.8. The van der Waals surface area contributed by atoms with Crippen LogP contribution in [0.4, 0.5) is 5.69 Å². The van der Waals surface area contributed by atoms with Crippen molar-refractivity contribution in [3.63, 3.8) is 0 Å². The van der Waals surface area contributed by atoms with E-state index in [9.17, 15) is 19.5 Å². The second-order valence-electron chi connectivity index (χ2n) is 7.37. The predicted octanol–water partition coefficient (Wildman–Crippen LogP) is 3.73. The Morgan fingerprint density at radius 3 is 2.69 bits per heavy atom. The van der Waals surface area contributed by atoms with Crippen LogP contribution in [-0.4, -0.2) is 28.9 Å². The Balaban J connectivity index is 1.71. The molecule has 2 amide bonds. The molecule has 152 valence electrons. The summed E-state index contributed by atoms with van der Waals surface area (Å²) in [5.41, 5.74) is 3.27. The lowest BCUT2D eigenvalue weighted by atomic mass is 9.79. The molecule has 6 heteroatoms. The van der Waals surface area contributed by atoms with E-state index in [1.54, 1.807) is 31.2 Å². The monoisotopic (exact) mass is 394 g/mol. The SMILES string of the molecule is CCC(=O)Nc1cccc(C(=O)NC(CC2CCCc3ccccc32)C(=O)O)c1. The number of carbonyl (C=O) groups is 3. The summed E-state index contributed by atoms with van der Waals surface area (Å²) in [5.74, 6) is -1.55. The smallest absolute Gasteiger partial charge is 0.326 e. The minimum absolute atomic E-state index is 0.108. The van der Waals surface area contributed by atoms with E-state index >= 15 is 0 Å². The molecule has 29 heavy (non-hydrogen) atoms. The van der Waals surface area contributed by atoms with Crippen LogP contribution in [0.3, 0.4) is 0 Å². The number of hydrogen-bond acceptors (Lipinski definition) is 3. The Morgan fingerprint density at radius 2 is 1.93 bits per heavy atom. The van der Waals surface area contributed by atoms with Crippen molar-refractivity contribution in [2.75, 3.05) is 5.32 Å². The zero-order valence-electron chi connectivity index (χ0n) is 16.5. The summed E-state index contributed by atoms with van der Waals surface area (Å²) < 4.78 is 0. The third-order valence-electron chi connectivity index (χ3n) is 5.35. The molecule has 2 aromatic carbocycles. The van der Waals surface area contributed by atoms with Gasteiger partial charge in [0, 0.05) is 17.7 Å². The van der Waals surface area contributed by atoms with E-state index in [0.717, 1.165) is 19.3 Å². The summed E-state index contributed by atoms with van der Waals surface area (Å²) in [4.78, 5) is 36.1. The molecule has 0 radical (unpaired) electrons. The molecule has 1 aliphatic rings. The minimum atomic E-state index is -1.04. The number of carbonyl (C=O) groups excluding carboxylic acids is 2. The van der Waals surface area contributed by atoms with Crippen LogP contribution in [0.2, 0.25) is 0 Å². The average molecular weight is 394 g/mol. The Morgan fingerprint density at radius 1 is 1.14 bits per heavy atom. The van der Waals surface area contributed by atoms with Crippen LogP contribution in [-0.2, 0) is 16.0 Å². The molecule has 0 heterocycles. The van der Waals surface area contributed by atoms with E-state index in [0.29, 0.717) is 24.1 Å². The van der Waals surface area contributed by atoms with Gasteiger partial charge in [0.15, 0.2) is 0 Å². The fourth-order valence-electron chi connectivity index (χ4n) is 3.83. The zero-order valence-corrected chi connectivity index (χ0v) is 16.5. The predicted molar refractivity (Wildman–Crippen MR) is 111 cm³/mol. The normalized spacial score (nSPS) is 16.4. The molecule has 0 fully saturated rings. The highest BCUT2D eigenvalue weighted by Gasteiger charge is 2.28. The average Bonchev–Trinajstić information content (AvgIpc) is 2.73. The number of carboxylic acid groups (broad SMARTS) is 1. The molecule has 1 aliphatic carbocycles. The Bertz CT molecular complexity index is 909. The summed E-state index contributed by atoms with van der Waals surface area (Å²) in [6.07, 6.45) is 3.62. The second kappa shape index (κ2) is 9.37. The van der Waals surface area contributed by atoms with Gasteiger partial charge in [-0.3, -0.25) is 9.59 Å². The molecule has 2 unspecified atom stereocenters. The molecule has 0 aliphatic heterocycles. The largest absolute Gasteiger partial charge is 0.480 e. The van der Waals surface area contributed by atoms with E-state index < -0.39 is 17.9 Å². The van der Waals surface area contributed by atoms with Gasteiger partial charge < -0.3 is 15.7 Å². The number of nitrogens with one attached hydrogen (secondary N) is 2. The van der Waals surface area contributed by atoms with Crippen molar-refractivity contribution in [2.45, 2.75) is 51.0 Å². The minimum Gasteiger partial charge on any atom is -0.480 e. The molecule has 0 saturated carbocycles. The number of amides is 2. The number of benzene rings is 2. The van der Waals surface area contributed by atoms with Crippen LogP contribution < -0.4 is 10.6 Å². The third kappa shape index (κ3) is 5.22. The lowest BCUT2D eigenvalue weighted by Crippen LogP contribution is -2.42. The van der Waals surface area contributed by atoms with E-state index in [2.05, 4.69) is 22.8 Å². The molecular weight excluding hydrogens is 368 g/mol. The van der Waals surface area contributed by atoms with Gasteiger partial charge in [0.05, 0.1) is 0 Å². The van der Waals surface area contributed by atoms with Crippen LogP contribution in [0, 0.1) is 0 Å². The van der Waals surface area contributed by atoms with Crippen LogP contribution in [0.25, 0.3) is 0 Å². The van der Waals surface area contributed by atoms with E-state index in [1.165, 1.54) is 11.1 Å². The number of aryl methyl sites for hydroxylation is 1. The molecule has 0 aromatic heterocycles. The first-order chi connectivity index (χ1) is 14.0. The number of aliphatic carboxylic acids is 1. The highest BCUT2D eigenvalue weighted by Crippen LogP contribution is 2.34. The van der Waals surface area contributed by atoms with E-state index in [1.807, 2.05) is 12.1 Å². The van der Waals surface area contributed by atoms with Crippen LogP contribution in [0.5, 0.6) is 0 Å². The lowest BCUT2D eigenvalue weighted by molar-refractivity contribution is -0.139. The number of anilines is 1. The van der Waals surface area contributed by atoms with Crippen molar-refractivity contribution >= 4 is 23.5 Å². The molecule has 0 bridgehead atoms. The standard InChI is InChI=1S/C23H26N2O4/c1-2-21(26)24-18-11-6-10-17(13-18)22(27)25-20(23(28)29)14-16-9-5-8-15-7-3-4-12-19(15)16/h3-4,6-7,10-13,16,20H,2,5,8-9,14H2,1H3,(H,24,26)(H,25,27)(H,28,29). The van der Waals surface area contributed by atoms with Gasteiger partial charge in [0.1, 0.15) is 6.04 Å². The van der Waals surface area contributed by atoms with Crippen LogP contribution in [0.15, 0.2) is 48.5 Å². The summed E-state index contributed by atoms with van der Waals surface area (Å²) in [5, 5.41) is 15.0. The quantitative estimate of drug-likeness (QED) is 0.667. The first-order valence-electron chi connectivity index (χ1n) is 9.99. The maximum Gasteiger partial charge on any atom is 0.326 e. The molecule has 6 nitrogen and oxygen atoms in total. The number of fused-ring (bicyclic) bond motifs is 1. The number of rotatable bonds is 7. The summed E-state index contributed by atoms with van der Waals surface area (Å²) in [6, 6.07) is 13.6. The molecule has 3 rings (SSSR count). The fourth-order valence-corrected chi connectivity index (χ4v) is 3.83. The number of hydrogen-bond donors (Lipinski definition) is 3. The topological polar surface area (TPSA) is 95.5 Å². The molecule has 3 N–H and O–H groups in total. The lowest BCUT2D eigenvalue weighted by Gasteiger charge is -2.28. The van der Waals surface area contributed by atoms with Gasteiger partial charge in [0.25, 0.3) is 5.91 Å². The fraction of sp³-hybridized carbons (Fsp3) is 0.348. The Labute approximate surface area is 170 Å². The molecule has 2 aromatic rings. The van der Waals surface area contributed by atoms with Gasteiger partial charge in [-0.2, -0.15) is 0 Å². The number of carboxylic acids is 1. The van der Waals surface area contributed by atoms with Crippen molar-refractivity contribution in [2.24, 2.45) is 0 Å². The Kier molecular flexibility index (Phi) is 6.65. The maximum atomic E-state index is 12.7. The molecule has 2 atom stereocenters. The first-order valence-corrected chi connectivity index (χ1v) is 9.99. The van der Waals surface area contributed by atoms with Gasteiger partial charge in [-0.25, -0.2) is 4.79 Å². The van der Waals surface area contributed by atoms with E-state index in [4.69, 9.17) is 0 Å². The third-order valence-corrected chi connectivity index (χ3v) is 5.35.